The van der Waals surface area contributed by atoms with Crippen molar-refractivity contribution in [3.8, 4) is 0 Å². The molecule has 0 spiro atoms. The fourth-order valence-electron chi connectivity index (χ4n) is 8.94. The van der Waals surface area contributed by atoms with Gasteiger partial charge in [-0.1, -0.05) is 26.0 Å². The van der Waals surface area contributed by atoms with Crippen LogP contribution >= 0.6 is 0 Å². The topological polar surface area (TPSA) is 58.9 Å². The van der Waals surface area contributed by atoms with Crippen LogP contribution in [0, 0.1) is 46.3 Å². The van der Waals surface area contributed by atoms with Crippen molar-refractivity contribution in [3.63, 3.8) is 0 Å². The maximum absolute atomic E-state index is 11.1. The molecule has 5 aliphatic rings. The summed E-state index contributed by atoms with van der Waals surface area (Å²) in [5, 5.41) is 22.1. The van der Waals surface area contributed by atoms with Gasteiger partial charge in [0.15, 0.2) is 6.29 Å². The van der Waals surface area contributed by atoms with Crippen LogP contribution in [0.25, 0.3) is 0 Å². The molecule has 10 atom stereocenters. The summed E-state index contributed by atoms with van der Waals surface area (Å²) in [5.41, 5.74) is 0.516. The maximum Gasteiger partial charge on any atom is 0.163 e. The van der Waals surface area contributed by atoms with E-state index in [1.165, 1.54) is 32.1 Å². The summed E-state index contributed by atoms with van der Waals surface area (Å²) in [6, 6.07) is 0. The molecule has 1 heterocycles. The van der Waals surface area contributed by atoms with Crippen LogP contribution in [0.2, 0.25) is 0 Å². The Balaban J connectivity index is 1.43. The Kier molecular flexibility index (Phi) is 5.17. The van der Waals surface area contributed by atoms with Crippen LogP contribution in [0.3, 0.4) is 0 Å². The van der Waals surface area contributed by atoms with E-state index in [0.29, 0.717) is 24.5 Å². The van der Waals surface area contributed by atoms with Gasteiger partial charge in [-0.2, -0.15) is 0 Å². The predicted octanol–water partition coefficient (Wildman–Crippen LogP) is 4.15. The van der Waals surface area contributed by atoms with Gasteiger partial charge in [-0.15, -0.1) is 0 Å². The molecule has 0 amide bonds. The molecule has 4 heteroatoms. The van der Waals surface area contributed by atoms with Gasteiger partial charge in [0.2, 0.25) is 0 Å². The first-order valence-corrected chi connectivity index (χ1v) is 12.1. The van der Waals surface area contributed by atoms with Crippen LogP contribution in [-0.4, -0.2) is 41.9 Å². The molecule has 4 aliphatic carbocycles. The molecule has 164 valence electrons. The van der Waals surface area contributed by atoms with Crippen LogP contribution < -0.4 is 0 Å². The second kappa shape index (κ2) is 7.32. The number of fused-ring (bicyclic) bond motifs is 5. The zero-order valence-corrected chi connectivity index (χ0v) is 18.4. The Morgan fingerprint density at radius 2 is 1.48 bits per heavy atom. The summed E-state index contributed by atoms with van der Waals surface area (Å²) >= 11 is 0. The number of ether oxygens (including phenoxy) is 2. The molecule has 0 aromatic carbocycles. The molecular weight excluding hydrogens is 364 g/mol. The maximum atomic E-state index is 11.1. The second-order valence-corrected chi connectivity index (χ2v) is 11.3. The van der Waals surface area contributed by atoms with Gasteiger partial charge in [0, 0.05) is 5.92 Å². The minimum Gasteiger partial charge on any atom is -0.390 e. The fourth-order valence-corrected chi connectivity index (χ4v) is 8.94. The molecule has 4 nitrogen and oxygen atoms in total. The van der Waals surface area contributed by atoms with Crippen LogP contribution in [0.4, 0.5) is 0 Å². The van der Waals surface area contributed by atoms with Crippen molar-refractivity contribution in [2.75, 3.05) is 13.2 Å². The smallest absolute Gasteiger partial charge is 0.163 e. The summed E-state index contributed by atoms with van der Waals surface area (Å²) < 4.78 is 11.6. The SMILES string of the molecule is C/C=C/[C@H]1CC[C@H]2[C@@H]3CC[C@@H]4[C@@H](O)[C@@H](O)C(C5OCCO5)C[C@]4(C)[C@H]3CC[C@]12C. The lowest BCUT2D eigenvalue weighted by Gasteiger charge is -2.63. The average Bonchev–Trinajstić information content (AvgIpc) is 3.34. The molecule has 4 saturated carbocycles. The van der Waals surface area contributed by atoms with Crippen molar-refractivity contribution in [2.24, 2.45) is 46.3 Å². The van der Waals surface area contributed by atoms with E-state index in [1.54, 1.807) is 0 Å². The van der Waals surface area contributed by atoms with E-state index in [1.807, 2.05) is 0 Å². The van der Waals surface area contributed by atoms with Crippen molar-refractivity contribution in [1.29, 1.82) is 0 Å². The molecule has 1 saturated heterocycles. The van der Waals surface area contributed by atoms with Crippen LogP contribution in [0.5, 0.6) is 0 Å². The van der Waals surface area contributed by atoms with Crippen molar-refractivity contribution < 1.29 is 19.7 Å². The monoisotopic (exact) mass is 404 g/mol. The summed E-state index contributed by atoms with van der Waals surface area (Å²) in [5.74, 6) is 3.04. The van der Waals surface area contributed by atoms with E-state index in [4.69, 9.17) is 9.47 Å². The van der Waals surface area contributed by atoms with Gasteiger partial charge in [0.1, 0.15) is 0 Å². The Bertz CT molecular complexity index is 643. The number of allylic oxidation sites excluding steroid dienone is 2. The first-order chi connectivity index (χ1) is 13.9. The lowest BCUT2D eigenvalue weighted by molar-refractivity contribution is -0.229. The van der Waals surface area contributed by atoms with E-state index in [-0.39, 0.29) is 23.5 Å². The van der Waals surface area contributed by atoms with E-state index >= 15 is 0 Å². The van der Waals surface area contributed by atoms with Crippen molar-refractivity contribution >= 4 is 0 Å². The first kappa shape index (κ1) is 20.5. The average molecular weight is 405 g/mol. The summed E-state index contributed by atoms with van der Waals surface area (Å²) in [6.07, 6.45) is 11.4. The number of rotatable bonds is 2. The molecule has 1 unspecified atom stereocenters. The number of aliphatic hydroxyl groups is 2. The minimum atomic E-state index is -0.730. The van der Waals surface area contributed by atoms with E-state index in [0.717, 1.165) is 30.6 Å². The molecule has 0 aromatic heterocycles. The van der Waals surface area contributed by atoms with Gasteiger partial charge >= 0.3 is 0 Å². The highest BCUT2D eigenvalue weighted by molar-refractivity contribution is 5.14. The highest BCUT2D eigenvalue weighted by Crippen LogP contribution is 2.68. The van der Waals surface area contributed by atoms with E-state index in [2.05, 4.69) is 32.9 Å². The van der Waals surface area contributed by atoms with Crippen molar-refractivity contribution in [1.82, 2.24) is 0 Å². The van der Waals surface area contributed by atoms with Gasteiger partial charge in [-0.3, -0.25) is 0 Å². The number of hydrogen-bond acceptors (Lipinski definition) is 4. The van der Waals surface area contributed by atoms with Gasteiger partial charge in [0.05, 0.1) is 25.4 Å². The van der Waals surface area contributed by atoms with Gasteiger partial charge in [-0.25, -0.2) is 0 Å². The van der Waals surface area contributed by atoms with Gasteiger partial charge < -0.3 is 19.7 Å². The third-order valence-corrected chi connectivity index (χ3v) is 10.3. The second-order valence-electron chi connectivity index (χ2n) is 11.3. The molecule has 0 aromatic rings. The molecule has 0 radical (unpaired) electrons. The van der Waals surface area contributed by atoms with E-state index in [9.17, 15) is 10.2 Å². The quantitative estimate of drug-likeness (QED) is 0.679. The van der Waals surface area contributed by atoms with Crippen LogP contribution in [0.15, 0.2) is 12.2 Å². The summed E-state index contributed by atoms with van der Waals surface area (Å²) in [6.45, 7) is 8.34. The van der Waals surface area contributed by atoms with E-state index < -0.39 is 12.2 Å². The molecule has 0 bridgehead atoms. The van der Waals surface area contributed by atoms with Crippen molar-refractivity contribution in [3.05, 3.63) is 12.2 Å². The van der Waals surface area contributed by atoms with Gasteiger partial charge in [0.25, 0.3) is 0 Å². The third kappa shape index (κ3) is 2.92. The lowest BCUT2D eigenvalue weighted by Crippen LogP contribution is -2.62. The Hall–Kier alpha value is -0.420. The molecule has 2 N–H and O–H groups in total. The standard InChI is InChI=1S/C25H40O4/c1-4-5-15-6-8-18-16-7-9-20-22(27)21(26)17(23-28-12-13-29-23)14-25(20,3)19(16)10-11-24(15,18)2/h4-5,15-23,26-27H,6-14H2,1-3H3/b5-4+/t15-,16-,17?,18-,19-,20+,21-,22+,24+,25+/m0/s1. The number of aliphatic hydroxyl groups excluding tert-OH is 2. The molecule has 1 aliphatic heterocycles. The van der Waals surface area contributed by atoms with Crippen LogP contribution in [0.1, 0.15) is 65.7 Å². The highest BCUT2D eigenvalue weighted by Gasteiger charge is 2.63. The largest absolute Gasteiger partial charge is 0.390 e. The highest BCUT2D eigenvalue weighted by atomic mass is 16.7. The number of hydrogen-bond donors (Lipinski definition) is 2. The fraction of sp³-hybridized carbons (Fsp3) is 0.920. The zero-order chi connectivity index (χ0) is 20.4. The molecule has 5 rings (SSSR count). The molecular formula is C25H40O4. The van der Waals surface area contributed by atoms with Crippen LogP contribution in [-0.2, 0) is 9.47 Å². The third-order valence-electron chi connectivity index (χ3n) is 10.3. The predicted molar refractivity (Wildman–Crippen MR) is 112 cm³/mol. The summed E-state index contributed by atoms with van der Waals surface area (Å²) in [4.78, 5) is 0. The lowest BCUT2D eigenvalue weighted by atomic mass is 9.43. The normalized spacial score (nSPS) is 55.6. The Morgan fingerprint density at radius 1 is 0.793 bits per heavy atom. The molecule has 5 fully saturated rings. The minimum absolute atomic E-state index is 0.0710. The van der Waals surface area contributed by atoms with Gasteiger partial charge in [-0.05, 0) is 92.3 Å². The Morgan fingerprint density at radius 3 is 2.21 bits per heavy atom. The Labute approximate surface area is 176 Å². The molecule has 29 heavy (non-hydrogen) atoms. The summed E-state index contributed by atoms with van der Waals surface area (Å²) in [7, 11) is 0. The van der Waals surface area contributed by atoms with Crippen molar-refractivity contribution in [2.45, 2.75) is 84.2 Å². The zero-order valence-electron chi connectivity index (χ0n) is 18.4. The first-order valence-electron chi connectivity index (χ1n) is 12.1.